The average molecular weight is 285 g/mol. The zero-order chi connectivity index (χ0) is 15.2. The highest BCUT2D eigenvalue weighted by atomic mass is 16.5. The fourth-order valence-electron chi connectivity index (χ4n) is 2.43. The number of ether oxygens (including phenoxy) is 2. The van der Waals surface area contributed by atoms with Crippen molar-refractivity contribution in [3.05, 3.63) is 53.6 Å². The Morgan fingerprint density at radius 2 is 1.76 bits per heavy atom. The van der Waals surface area contributed by atoms with Gasteiger partial charge in [0.25, 0.3) is 0 Å². The molecule has 0 spiro atoms. The largest absolute Gasteiger partial charge is 0.493 e. The Labute approximate surface area is 126 Å². The van der Waals surface area contributed by atoms with Gasteiger partial charge in [0.1, 0.15) is 0 Å². The first-order valence-electron chi connectivity index (χ1n) is 7.16. The van der Waals surface area contributed by atoms with Gasteiger partial charge in [-0.3, -0.25) is 0 Å². The number of aryl methyl sites for hydroxylation is 1. The molecule has 0 amide bonds. The molecule has 21 heavy (non-hydrogen) atoms. The number of rotatable bonds is 6. The Kier molecular flexibility index (Phi) is 5.09. The van der Waals surface area contributed by atoms with Crippen LogP contribution in [0.15, 0.2) is 42.5 Å². The van der Waals surface area contributed by atoms with Gasteiger partial charge >= 0.3 is 0 Å². The molecular weight excluding hydrogens is 262 g/mol. The number of methoxy groups -OCH3 is 2. The maximum atomic E-state index is 5.35. The van der Waals surface area contributed by atoms with Gasteiger partial charge in [0.15, 0.2) is 11.5 Å². The second-order valence-electron chi connectivity index (χ2n) is 5.31. The smallest absolute Gasteiger partial charge is 0.160 e. The van der Waals surface area contributed by atoms with Crippen LogP contribution in [0.5, 0.6) is 11.5 Å². The molecule has 0 aliphatic heterocycles. The summed E-state index contributed by atoms with van der Waals surface area (Å²) in [7, 11) is 3.31. The van der Waals surface area contributed by atoms with Gasteiger partial charge in [-0.2, -0.15) is 0 Å². The molecule has 112 valence electrons. The van der Waals surface area contributed by atoms with Gasteiger partial charge in [0.2, 0.25) is 0 Å². The molecule has 1 N–H and O–H groups in total. The van der Waals surface area contributed by atoms with E-state index in [1.165, 1.54) is 11.1 Å². The molecule has 0 heterocycles. The minimum atomic E-state index is 0.338. The molecule has 0 aliphatic carbocycles. The van der Waals surface area contributed by atoms with Crippen molar-refractivity contribution >= 4 is 5.69 Å². The summed E-state index contributed by atoms with van der Waals surface area (Å²) in [6.07, 6.45) is 0.925. The van der Waals surface area contributed by atoms with Crippen LogP contribution >= 0.6 is 0 Å². The Hall–Kier alpha value is -2.16. The third-order valence-corrected chi connectivity index (χ3v) is 3.42. The normalized spacial score (nSPS) is 11.8. The molecule has 0 fully saturated rings. The molecule has 0 saturated carbocycles. The van der Waals surface area contributed by atoms with E-state index in [4.69, 9.17) is 9.47 Å². The van der Waals surface area contributed by atoms with E-state index < -0.39 is 0 Å². The molecule has 0 saturated heterocycles. The number of benzene rings is 2. The zero-order valence-electron chi connectivity index (χ0n) is 13.1. The Bertz CT molecular complexity index is 596. The summed E-state index contributed by atoms with van der Waals surface area (Å²) in [5.41, 5.74) is 3.64. The first-order valence-corrected chi connectivity index (χ1v) is 7.16. The summed E-state index contributed by atoms with van der Waals surface area (Å²) >= 11 is 0. The fourth-order valence-corrected chi connectivity index (χ4v) is 2.43. The van der Waals surface area contributed by atoms with Gasteiger partial charge < -0.3 is 14.8 Å². The molecule has 3 nitrogen and oxygen atoms in total. The summed E-state index contributed by atoms with van der Waals surface area (Å²) in [4.78, 5) is 0. The fraction of sp³-hybridized carbons (Fsp3) is 0.333. The third-order valence-electron chi connectivity index (χ3n) is 3.42. The van der Waals surface area contributed by atoms with Crippen molar-refractivity contribution in [2.24, 2.45) is 0 Å². The van der Waals surface area contributed by atoms with Crippen molar-refractivity contribution in [1.82, 2.24) is 0 Å². The molecule has 0 aromatic heterocycles. The van der Waals surface area contributed by atoms with Crippen LogP contribution in [0.3, 0.4) is 0 Å². The molecule has 3 heteroatoms. The number of anilines is 1. The van der Waals surface area contributed by atoms with Crippen molar-refractivity contribution in [3.63, 3.8) is 0 Å². The first-order chi connectivity index (χ1) is 10.1. The molecular formula is C18H23NO2. The second kappa shape index (κ2) is 7.02. The van der Waals surface area contributed by atoms with E-state index in [9.17, 15) is 0 Å². The number of hydrogen-bond donors (Lipinski definition) is 1. The van der Waals surface area contributed by atoms with Gasteiger partial charge in [0.05, 0.1) is 14.2 Å². The highest BCUT2D eigenvalue weighted by molar-refractivity contribution is 5.47. The summed E-state index contributed by atoms with van der Waals surface area (Å²) in [5, 5.41) is 3.53. The predicted molar refractivity (Wildman–Crippen MR) is 87.5 cm³/mol. The summed E-state index contributed by atoms with van der Waals surface area (Å²) in [6.45, 7) is 4.28. The van der Waals surface area contributed by atoms with Crippen molar-refractivity contribution in [2.75, 3.05) is 19.5 Å². The number of nitrogens with one attached hydrogen (secondary N) is 1. The molecule has 2 aromatic carbocycles. The van der Waals surface area contributed by atoms with E-state index in [-0.39, 0.29) is 0 Å². The molecule has 0 bridgehead atoms. The molecule has 1 unspecified atom stereocenters. The summed E-state index contributed by atoms with van der Waals surface area (Å²) in [5.74, 6) is 1.54. The van der Waals surface area contributed by atoms with Gasteiger partial charge in [-0.05, 0) is 55.7 Å². The van der Waals surface area contributed by atoms with Crippen LogP contribution in [0.4, 0.5) is 5.69 Å². The second-order valence-corrected chi connectivity index (χ2v) is 5.31. The molecule has 1 atom stereocenters. The first kappa shape index (κ1) is 15.2. The highest BCUT2D eigenvalue weighted by Gasteiger charge is 2.08. The van der Waals surface area contributed by atoms with Crippen molar-refractivity contribution < 1.29 is 9.47 Å². The topological polar surface area (TPSA) is 30.5 Å². The molecule has 2 aromatic rings. The van der Waals surface area contributed by atoms with E-state index in [0.717, 1.165) is 23.6 Å². The minimum absolute atomic E-state index is 0.338. The van der Waals surface area contributed by atoms with Crippen LogP contribution in [0.25, 0.3) is 0 Å². The third kappa shape index (κ3) is 4.15. The maximum Gasteiger partial charge on any atom is 0.160 e. The minimum Gasteiger partial charge on any atom is -0.493 e. The van der Waals surface area contributed by atoms with Crippen LogP contribution in [0.2, 0.25) is 0 Å². The van der Waals surface area contributed by atoms with E-state index in [1.807, 2.05) is 12.1 Å². The molecule has 0 aliphatic rings. The number of hydrogen-bond acceptors (Lipinski definition) is 3. The van der Waals surface area contributed by atoms with Crippen LogP contribution in [0.1, 0.15) is 18.1 Å². The van der Waals surface area contributed by atoms with Crippen LogP contribution in [-0.4, -0.2) is 20.3 Å². The van der Waals surface area contributed by atoms with E-state index in [1.54, 1.807) is 14.2 Å². The zero-order valence-corrected chi connectivity index (χ0v) is 13.1. The molecule has 0 radical (unpaired) electrons. The lowest BCUT2D eigenvalue weighted by molar-refractivity contribution is 0.354. The Balaban J connectivity index is 2.04. The van der Waals surface area contributed by atoms with E-state index in [0.29, 0.717) is 6.04 Å². The lowest BCUT2D eigenvalue weighted by Gasteiger charge is -2.17. The standard InChI is InChI=1S/C18H23NO2/c1-13-6-5-7-16(10-13)19-14(2)11-15-8-9-17(20-3)18(12-15)21-4/h5-10,12,14,19H,11H2,1-4H3. The van der Waals surface area contributed by atoms with Gasteiger partial charge in [-0.25, -0.2) is 0 Å². The van der Waals surface area contributed by atoms with Crippen molar-refractivity contribution in [3.8, 4) is 11.5 Å². The monoisotopic (exact) mass is 285 g/mol. The SMILES string of the molecule is COc1ccc(CC(C)Nc2cccc(C)c2)cc1OC. The van der Waals surface area contributed by atoms with Crippen LogP contribution in [0, 0.1) is 6.92 Å². The van der Waals surface area contributed by atoms with Gasteiger partial charge in [0, 0.05) is 11.7 Å². The average Bonchev–Trinajstić information content (AvgIpc) is 2.47. The quantitative estimate of drug-likeness (QED) is 0.868. The van der Waals surface area contributed by atoms with Crippen LogP contribution in [-0.2, 0) is 6.42 Å². The van der Waals surface area contributed by atoms with E-state index >= 15 is 0 Å². The summed E-state index contributed by atoms with van der Waals surface area (Å²) < 4.78 is 10.6. The highest BCUT2D eigenvalue weighted by Crippen LogP contribution is 2.28. The predicted octanol–water partition coefficient (Wildman–Crippen LogP) is 4.06. The van der Waals surface area contributed by atoms with Crippen LogP contribution < -0.4 is 14.8 Å². The molecule has 2 rings (SSSR count). The lowest BCUT2D eigenvalue weighted by atomic mass is 10.1. The lowest BCUT2D eigenvalue weighted by Crippen LogP contribution is -2.18. The maximum absolute atomic E-state index is 5.35. The van der Waals surface area contributed by atoms with Crippen molar-refractivity contribution in [2.45, 2.75) is 26.3 Å². The Morgan fingerprint density at radius 1 is 1.00 bits per heavy atom. The Morgan fingerprint density at radius 3 is 2.43 bits per heavy atom. The van der Waals surface area contributed by atoms with Gasteiger partial charge in [-0.1, -0.05) is 18.2 Å². The summed E-state index contributed by atoms with van der Waals surface area (Å²) in [6, 6.07) is 14.8. The van der Waals surface area contributed by atoms with E-state index in [2.05, 4.69) is 49.5 Å². The van der Waals surface area contributed by atoms with Crippen molar-refractivity contribution in [1.29, 1.82) is 0 Å². The van der Waals surface area contributed by atoms with Gasteiger partial charge in [-0.15, -0.1) is 0 Å².